The van der Waals surface area contributed by atoms with Crippen molar-refractivity contribution in [3.05, 3.63) is 77.1 Å². The number of amides is 2. The Hall–Kier alpha value is -4.53. The first-order valence-electron chi connectivity index (χ1n) is 15.7. The van der Waals surface area contributed by atoms with E-state index in [0.29, 0.717) is 30.8 Å². The van der Waals surface area contributed by atoms with Crippen LogP contribution in [0.1, 0.15) is 48.3 Å². The van der Waals surface area contributed by atoms with E-state index in [2.05, 4.69) is 15.6 Å². The molecular weight excluding hydrogens is 639 g/mol. The minimum absolute atomic E-state index is 0.0498. The van der Waals surface area contributed by atoms with Crippen molar-refractivity contribution in [3.8, 4) is 0 Å². The van der Waals surface area contributed by atoms with Crippen LogP contribution in [0.25, 0.3) is 0 Å². The van der Waals surface area contributed by atoms with E-state index >= 15 is 0 Å². The Morgan fingerprint density at radius 2 is 1.79 bits per heavy atom. The molecule has 0 bridgehead atoms. The van der Waals surface area contributed by atoms with Crippen LogP contribution in [0.4, 0.5) is 33.6 Å². The SMILES string of the molecule is CNC(=O)CCCN1C[C@@H](C(=O)Nc2nccn2Cc2ccc(C(F)(F)F)cc2N2CCC(C(=O)O)CC2)[C@H](c2ccc(F)cc2F)C1. The second-order valence-corrected chi connectivity index (χ2v) is 12.2. The molecule has 0 aliphatic carbocycles. The minimum Gasteiger partial charge on any atom is -0.481 e. The quantitative estimate of drug-likeness (QED) is 0.252. The largest absolute Gasteiger partial charge is 0.481 e. The summed E-state index contributed by atoms with van der Waals surface area (Å²) in [5.41, 5.74) is 0.185. The summed E-state index contributed by atoms with van der Waals surface area (Å²) in [7, 11) is 1.54. The van der Waals surface area contributed by atoms with E-state index in [0.717, 1.165) is 24.3 Å². The molecule has 0 saturated carbocycles. The van der Waals surface area contributed by atoms with Gasteiger partial charge in [-0.25, -0.2) is 13.8 Å². The van der Waals surface area contributed by atoms with Gasteiger partial charge < -0.3 is 24.8 Å². The van der Waals surface area contributed by atoms with E-state index in [9.17, 15) is 41.4 Å². The summed E-state index contributed by atoms with van der Waals surface area (Å²) < 4.78 is 71.3. The first-order chi connectivity index (χ1) is 22.8. The number of piperidine rings is 1. The third-order valence-corrected chi connectivity index (χ3v) is 9.14. The Balaban J connectivity index is 1.36. The van der Waals surface area contributed by atoms with E-state index in [1.807, 2.05) is 4.90 Å². The number of rotatable bonds is 11. The van der Waals surface area contributed by atoms with Crippen molar-refractivity contribution in [1.29, 1.82) is 0 Å². The molecule has 15 heteroatoms. The van der Waals surface area contributed by atoms with Gasteiger partial charge in [0, 0.05) is 69.7 Å². The molecule has 5 rings (SSSR count). The number of aromatic nitrogens is 2. The van der Waals surface area contributed by atoms with E-state index < -0.39 is 53.0 Å². The standard InChI is InChI=1S/C33H37F5N6O4/c1-39-29(45)3-2-11-42-18-25(24-7-6-23(34)16-27(24)35)26(19-42)30(46)41-32-40-10-14-44(32)17-21-4-5-22(33(36,37)38)15-28(21)43-12-8-20(9-13-43)31(47)48/h4-7,10,14-16,20,25-26H,2-3,8-9,11-13,17-19H2,1H3,(H,39,45)(H,47,48)(H,40,41,46)/t25-,26+/m0/s1. The number of hydrogen-bond acceptors (Lipinski definition) is 6. The van der Waals surface area contributed by atoms with Gasteiger partial charge in [0.1, 0.15) is 11.6 Å². The molecule has 2 atom stereocenters. The van der Waals surface area contributed by atoms with Crippen molar-refractivity contribution in [1.82, 2.24) is 19.8 Å². The Bertz CT molecular complexity index is 1640. The lowest BCUT2D eigenvalue weighted by atomic mass is 9.88. The van der Waals surface area contributed by atoms with Crippen molar-refractivity contribution in [2.45, 2.75) is 44.3 Å². The number of carboxylic acid groups (broad SMARTS) is 1. The topological polar surface area (TPSA) is 120 Å². The van der Waals surface area contributed by atoms with Gasteiger partial charge in [-0.3, -0.25) is 19.7 Å². The number of carbonyl (C=O) groups excluding carboxylic acids is 2. The molecular formula is C33H37F5N6O4. The zero-order chi connectivity index (χ0) is 34.6. The molecule has 0 unspecified atom stereocenters. The number of nitrogens with one attached hydrogen (secondary N) is 2. The van der Waals surface area contributed by atoms with Crippen molar-refractivity contribution < 1.29 is 41.4 Å². The highest BCUT2D eigenvalue weighted by Gasteiger charge is 2.40. The zero-order valence-corrected chi connectivity index (χ0v) is 26.3. The van der Waals surface area contributed by atoms with Gasteiger partial charge in [0.25, 0.3) is 0 Å². The van der Waals surface area contributed by atoms with Crippen LogP contribution < -0.4 is 15.5 Å². The highest BCUT2D eigenvalue weighted by molar-refractivity contribution is 5.92. The first-order valence-corrected chi connectivity index (χ1v) is 15.7. The number of carbonyl (C=O) groups is 3. The zero-order valence-electron chi connectivity index (χ0n) is 26.3. The van der Waals surface area contributed by atoms with Crippen molar-refractivity contribution in [2.24, 2.45) is 11.8 Å². The van der Waals surface area contributed by atoms with E-state index in [1.54, 1.807) is 15.7 Å². The molecule has 2 fully saturated rings. The maximum absolute atomic E-state index is 14.9. The smallest absolute Gasteiger partial charge is 0.416 e. The van der Waals surface area contributed by atoms with E-state index in [-0.39, 0.29) is 62.9 Å². The second kappa shape index (κ2) is 14.7. The second-order valence-electron chi connectivity index (χ2n) is 12.2. The van der Waals surface area contributed by atoms with Crippen LogP contribution >= 0.6 is 0 Å². The molecule has 2 saturated heterocycles. The lowest BCUT2D eigenvalue weighted by molar-refractivity contribution is -0.142. The molecule has 3 N–H and O–H groups in total. The van der Waals surface area contributed by atoms with Gasteiger partial charge in [-0.15, -0.1) is 0 Å². The molecule has 3 heterocycles. The first kappa shape index (κ1) is 34.8. The van der Waals surface area contributed by atoms with Gasteiger partial charge in [0.05, 0.1) is 23.9 Å². The van der Waals surface area contributed by atoms with Crippen LogP contribution in [0.5, 0.6) is 0 Å². The number of halogens is 5. The normalized spacial score (nSPS) is 19.0. The summed E-state index contributed by atoms with van der Waals surface area (Å²) in [6, 6.07) is 6.66. The molecule has 48 heavy (non-hydrogen) atoms. The molecule has 0 spiro atoms. The number of hydrogen-bond donors (Lipinski definition) is 3. The predicted octanol–water partition coefficient (Wildman–Crippen LogP) is 4.71. The summed E-state index contributed by atoms with van der Waals surface area (Å²) in [6.07, 6.45) is -0.201. The number of benzene rings is 2. The average Bonchev–Trinajstić information content (AvgIpc) is 3.67. The Kier molecular flexibility index (Phi) is 10.7. The highest BCUT2D eigenvalue weighted by Crippen LogP contribution is 2.37. The van der Waals surface area contributed by atoms with E-state index in [4.69, 9.17) is 0 Å². The van der Waals surface area contributed by atoms with Crippen molar-refractivity contribution >= 4 is 29.4 Å². The number of likely N-dealkylation sites (tertiary alicyclic amines) is 1. The summed E-state index contributed by atoms with van der Waals surface area (Å²) in [5, 5.41) is 14.7. The fourth-order valence-corrected chi connectivity index (χ4v) is 6.52. The number of anilines is 2. The van der Waals surface area contributed by atoms with E-state index in [1.165, 1.54) is 25.4 Å². The monoisotopic (exact) mass is 676 g/mol. The third kappa shape index (κ3) is 8.12. The summed E-state index contributed by atoms with van der Waals surface area (Å²) >= 11 is 0. The third-order valence-electron chi connectivity index (χ3n) is 9.14. The minimum atomic E-state index is -4.58. The number of alkyl halides is 3. The summed E-state index contributed by atoms with van der Waals surface area (Å²) in [4.78, 5) is 44.9. The van der Waals surface area contributed by atoms with Crippen molar-refractivity contribution in [3.63, 3.8) is 0 Å². The molecule has 258 valence electrons. The molecule has 1 aromatic heterocycles. The van der Waals surface area contributed by atoms with Crippen LogP contribution in [0.2, 0.25) is 0 Å². The number of nitrogens with zero attached hydrogens (tertiary/aromatic N) is 4. The summed E-state index contributed by atoms with van der Waals surface area (Å²) in [6.45, 7) is 1.61. The lowest BCUT2D eigenvalue weighted by Gasteiger charge is -2.34. The molecule has 3 aromatic rings. The van der Waals surface area contributed by atoms with Crippen LogP contribution in [0, 0.1) is 23.5 Å². The molecule has 2 aromatic carbocycles. The molecule has 2 amide bonds. The van der Waals surface area contributed by atoms with Gasteiger partial charge in [-0.1, -0.05) is 12.1 Å². The molecule has 2 aliphatic rings. The van der Waals surface area contributed by atoms with Gasteiger partial charge in [-0.2, -0.15) is 13.2 Å². The Morgan fingerprint density at radius 1 is 1.04 bits per heavy atom. The van der Waals surface area contributed by atoms with Crippen LogP contribution in [-0.2, 0) is 27.1 Å². The Labute approximate surface area is 273 Å². The maximum atomic E-state index is 14.9. The fourth-order valence-electron chi connectivity index (χ4n) is 6.52. The van der Waals surface area contributed by atoms with Crippen LogP contribution in [0.15, 0.2) is 48.8 Å². The average molecular weight is 677 g/mol. The fraction of sp³-hybridized carbons (Fsp3) is 0.455. The van der Waals surface area contributed by atoms with Crippen LogP contribution in [-0.4, -0.2) is 77.1 Å². The predicted molar refractivity (Wildman–Crippen MR) is 166 cm³/mol. The van der Waals surface area contributed by atoms with Gasteiger partial charge >= 0.3 is 12.1 Å². The molecule has 10 nitrogen and oxygen atoms in total. The molecule has 0 radical (unpaired) electrons. The van der Waals surface area contributed by atoms with Crippen LogP contribution in [0.3, 0.4) is 0 Å². The number of carboxylic acids is 1. The van der Waals surface area contributed by atoms with Gasteiger partial charge in [0.15, 0.2) is 0 Å². The lowest BCUT2D eigenvalue weighted by Crippen LogP contribution is -2.37. The maximum Gasteiger partial charge on any atom is 0.416 e. The van der Waals surface area contributed by atoms with Gasteiger partial charge in [-0.05, 0) is 55.1 Å². The highest BCUT2D eigenvalue weighted by atomic mass is 19.4. The van der Waals surface area contributed by atoms with Crippen molar-refractivity contribution in [2.75, 3.05) is 50.0 Å². The summed E-state index contributed by atoms with van der Waals surface area (Å²) in [5.74, 6) is -4.85. The number of imidazole rings is 1. The number of aliphatic carboxylic acids is 1. The van der Waals surface area contributed by atoms with Gasteiger partial charge in [0.2, 0.25) is 17.8 Å². The Morgan fingerprint density at radius 3 is 2.46 bits per heavy atom. The molecule has 2 aliphatic heterocycles.